The third kappa shape index (κ3) is 3.96. The van der Waals surface area contributed by atoms with Crippen molar-refractivity contribution in [2.45, 2.75) is 13.3 Å². The van der Waals surface area contributed by atoms with Crippen molar-refractivity contribution in [3.63, 3.8) is 0 Å². The number of thiazole rings is 1. The zero-order valence-electron chi connectivity index (χ0n) is 12.8. The van der Waals surface area contributed by atoms with Gasteiger partial charge in [0.25, 0.3) is 0 Å². The second-order valence-electron chi connectivity index (χ2n) is 5.16. The Morgan fingerprint density at radius 1 is 1.25 bits per heavy atom. The van der Waals surface area contributed by atoms with Gasteiger partial charge in [-0.25, -0.2) is 4.98 Å². The van der Waals surface area contributed by atoms with Crippen LogP contribution in [-0.4, -0.2) is 10.9 Å². The third-order valence-electron chi connectivity index (χ3n) is 3.47. The van der Waals surface area contributed by atoms with Crippen LogP contribution in [0.1, 0.15) is 18.1 Å². The van der Waals surface area contributed by atoms with Gasteiger partial charge in [0.2, 0.25) is 5.91 Å². The van der Waals surface area contributed by atoms with Gasteiger partial charge in [-0.15, -0.1) is 0 Å². The number of nitrogens with one attached hydrogen (secondary N) is 1. The van der Waals surface area contributed by atoms with Crippen LogP contribution in [0, 0.1) is 0 Å². The number of carbonyl (C=O) groups excluding carboxylic acids is 1. The van der Waals surface area contributed by atoms with E-state index in [1.165, 1.54) is 23.0 Å². The average Bonchev–Trinajstić information content (AvgIpc) is 2.95. The number of halogens is 2. The van der Waals surface area contributed by atoms with Crippen molar-refractivity contribution >= 4 is 61.9 Å². The van der Waals surface area contributed by atoms with Crippen LogP contribution in [0.5, 0.6) is 0 Å². The third-order valence-corrected chi connectivity index (χ3v) is 4.96. The Morgan fingerprint density at radius 3 is 2.83 bits per heavy atom. The van der Waals surface area contributed by atoms with Gasteiger partial charge in [-0.1, -0.05) is 53.6 Å². The highest BCUT2D eigenvalue weighted by molar-refractivity contribution is 7.22. The molecule has 6 heteroatoms. The van der Waals surface area contributed by atoms with Crippen LogP contribution in [0.4, 0.5) is 5.13 Å². The number of carbonyl (C=O) groups is 1. The molecule has 24 heavy (non-hydrogen) atoms. The van der Waals surface area contributed by atoms with Crippen LogP contribution in [0.25, 0.3) is 16.3 Å². The fourth-order valence-electron chi connectivity index (χ4n) is 2.19. The standard InChI is InChI=1S/C18H14Cl2N2OS/c1-2-11-3-7-15-16(9-11)24-18(21-15)22-17(23)8-5-12-4-6-13(19)10-14(12)20/h3-10H,2H2,1H3,(H,21,22,23)/b8-5+. The number of hydrogen-bond donors (Lipinski definition) is 1. The molecule has 122 valence electrons. The zero-order valence-corrected chi connectivity index (χ0v) is 15.2. The molecule has 3 aromatic rings. The predicted octanol–water partition coefficient (Wildman–Crippen LogP) is 5.82. The lowest BCUT2D eigenvalue weighted by atomic mass is 10.2. The summed E-state index contributed by atoms with van der Waals surface area (Å²) in [5, 5.41) is 4.42. The molecular formula is C18H14Cl2N2OS. The Hall–Kier alpha value is -1.88. The highest BCUT2D eigenvalue weighted by Gasteiger charge is 2.07. The Kier molecular flexibility index (Phi) is 5.19. The minimum atomic E-state index is -0.254. The highest BCUT2D eigenvalue weighted by Crippen LogP contribution is 2.27. The lowest BCUT2D eigenvalue weighted by Crippen LogP contribution is -2.07. The summed E-state index contributed by atoms with van der Waals surface area (Å²) in [6, 6.07) is 11.3. The van der Waals surface area contributed by atoms with Crippen LogP contribution in [0.3, 0.4) is 0 Å². The molecule has 0 spiro atoms. The maximum absolute atomic E-state index is 12.1. The summed E-state index contributed by atoms with van der Waals surface area (Å²) in [6.07, 6.45) is 4.05. The number of amides is 1. The van der Waals surface area contributed by atoms with Gasteiger partial charge in [0.1, 0.15) is 0 Å². The Balaban J connectivity index is 1.73. The minimum Gasteiger partial charge on any atom is -0.298 e. The van der Waals surface area contributed by atoms with E-state index in [-0.39, 0.29) is 5.91 Å². The van der Waals surface area contributed by atoms with Gasteiger partial charge >= 0.3 is 0 Å². The maximum Gasteiger partial charge on any atom is 0.250 e. The summed E-state index contributed by atoms with van der Waals surface area (Å²) < 4.78 is 1.06. The zero-order chi connectivity index (χ0) is 17.1. The van der Waals surface area contributed by atoms with E-state index in [2.05, 4.69) is 29.4 Å². The van der Waals surface area contributed by atoms with Crippen LogP contribution in [0.15, 0.2) is 42.5 Å². The summed E-state index contributed by atoms with van der Waals surface area (Å²) in [5.74, 6) is -0.254. The predicted molar refractivity (Wildman–Crippen MR) is 103 cm³/mol. The SMILES string of the molecule is CCc1ccc2nc(NC(=O)/C=C/c3ccc(Cl)cc3Cl)sc2c1. The quantitative estimate of drug-likeness (QED) is 0.583. The van der Waals surface area contributed by atoms with Crippen LogP contribution in [0.2, 0.25) is 10.0 Å². The van der Waals surface area contributed by atoms with E-state index in [9.17, 15) is 4.79 Å². The van der Waals surface area contributed by atoms with Gasteiger partial charge in [-0.3, -0.25) is 10.1 Å². The molecule has 0 saturated heterocycles. The van der Waals surface area contributed by atoms with Crippen molar-refractivity contribution in [1.29, 1.82) is 0 Å². The Morgan fingerprint density at radius 2 is 2.08 bits per heavy atom. The topological polar surface area (TPSA) is 42.0 Å². The van der Waals surface area contributed by atoms with Gasteiger partial charge in [-0.2, -0.15) is 0 Å². The molecule has 0 aliphatic rings. The van der Waals surface area contributed by atoms with Crippen molar-refractivity contribution in [1.82, 2.24) is 4.98 Å². The average molecular weight is 377 g/mol. The first-order valence-corrected chi connectivity index (χ1v) is 8.96. The minimum absolute atomic E-state index is 0.254. The van der Waals surface area contributed by atoms with E-state index >= 15 is 0 Å². The molecule has 0 unspecified atom stereocenters. The normalized spacial score (nSPS) is 11.3. The first-order valence-electron chi connectivity index (χ1n) is 7.38. The number of nitrogens with zero attached hydrogens (tertiary/aromatic N) is 1. The number of hydrogen-bond acceptors (Lipinski definition) is 3. The molecule has 0 radical (unpaired) electrons. The fraction of sp³-hybridized carbons (Fsp3) is 0.111. The van der Waals surface area contributed by atoms with Gasteiger partial charge in [0, 0.05) is 16.1 Å². The highest BCUT2D eigenvalue weighted by atomic mass is 35.5. The van der Waals surface area contributed by atoms with Crippen LogP contribution in [-0.2, 0) is 11.2 Å². The van der Waals surface area contributed by atoms with E-state index in [1.807, 2.05) is 6.07 Å². The molecule has 1 heterocycles. The molecule has 0 aliphatic heterocycles. The molecule has 2 aromatic carbocycles. The maximum atomic E-state index is 12.1. The molecule has 0 atom stereocenters. The van der Waals surface area contributed by atoms with Crippen LogP contribution < -0.4 is 5.32 Å². The van der Waals surface area contributed by atoms with Gasteiger partial charge in [0.15, 0.2) is 5.13 Å². The molecule has 3 rings (SSSR count). The summed E-state index contributed by atoms with van der Waals surface area (Å²) in [7, 11) is 0. The van der Waals surface area contributed by atoms with Crippen molar-refractivity contribution < 1.29 is 4.79 Å². The van der Waals surface area contributed by atoms with Crippen molar-refractivity contribution in [3.05, 3.63) is 63.6 Å². The second kappa shape index (κ2) is 7.34. The Bertz CT molecular complexity index is 934. The largest absolute Gasteiger partial charge is 0.298 e. The van der Waals surface area contributed by atoms with E-state index in [1.54, 1.807) is 24.3 Å². The van der Waals surface area contributed by atoms with E-state index in [0.29, 0.717) is 15.2 Å². The summed E-state index contributed by atoms with van der Waals surface area (Å²) in [6.45, 7) is 2.11. The lowest BCUT2D eigenvalue weighted by Gasteiger charge is -1.99. The molecule has 0 fully saturated rings. The molecular weight excluding hydrogens is 363 g/mol. The van der Waals surface area contributed by atoms with Gasteiger partial charge in [-0.05, 0) is 47.9 Å². The molecule has 1 aromatic heterocycles. The van der Waals surface area contributed by atoms with E-state index in [0.717, 1.165) is 22.2 Å². The molecule has 1 amide bonds. The number of benzene rings is 2. The van der Waals surface area contributed by atoms with Crippen molar-refractivity contribution in [3.8, 4) is 0 Å². The number of aromatic nitrogens is 1. The van der Waals surface area contributed by atoms with E-state index < -0.39 is 0 Å². The first-order chi connectivity index (χ1) is 11.5. The Labute approximate surface area is 153 Å². The van der Waals surface area contributed by atoms with Crippen LogP contribution >= 0.6 is 34.5 Å². The number of aryl methyl sites for hydroxylation is 1. The number of rotatable bonds is 4. The van der Waals surface area contributed by atoms with Crippen molar-refractivity contribution in [2.24, 2.45) is 0 Å². The van der Waals surface area contributed by atoms with Gasteiger partial charge < -0.3 is 0 Å². The monoisotopic (exact) mass is 376 g/mol. The molecule has 3 nitrogen and oxygen atoms in total. The van der Waals surface area contributed by atoms with Gasteiger partial charge in [0.05, 0.1) is 10.2 Å². The lowest BCUT2D eigenvalue weighted by molar-refractivity contribution is -0.111. The second-order valence-corrected chi connectivity index (χ2v) is 7.04. The molecule has 0 saturated carbocycles. The molecule has 0 aliphatic carbocycles. The molecule has 1 N–H and O–H groups in total. The smallest absolute Gasteiger partial charge is 0.250 e. The number of fused-ring (bicyclic) bond motifs is 1. The van der Waals surface area contributed by atoms with E-state index in [4.69, 9.17) is 23.2 Å². The number of anilines is 1. The molecule has 0 bridgehead atoms. The van der Waals surface area contributed by atoms with Crippen molar-refractivity contribution in [2.75, 3.05) is 5.32 Å². The summed E-state index contributed by atoms with van der Waals surface area (Å²) in [4.78, 5) is 16.5. The summed E-state index contributed by atoms with van der Waals surface area (Å²) >= 11 is 13.4. The fourth-order valence-corrected chi connectivity index (χ4v) is 3.60. The summed E-state index contributed by atoms with van der Waals surface area (Å²) in [5.41, 5.74) is 2.87. The first kappa shape index (κ1) is 17.0.